The van der Waals surface area contributed by atoms with Gasteiger partial charge >= 0.3 is 5.97 Å². The van der Waals surface area contributed by atoms with Gasteiger partial charge in [0.2, 0.25) is 0 Å². The van der Waals surface area contributed by atoms with Crippen LogP contribution in [0.15, 0.2) is 6.07 Å². The number of ether oxygens (including phenoxy) is 1. The van der Waals surface area contributed by atoms with Gasteiger partial charge < -0.3 is 9.72 Å². The van der Waals surface area contributed by atoms with Gasteiger partial charge in [-0.2, -0.15) is 0 Å². The first-order valence-corrected chi connectivity index (χ1v) is 5.56. The minimum absolute atomic E-state index is 0.0428. The van der Waals surface area contributed by atoms with Crippen molar-refractivity contribution < 1.29 is 14.3 Å². The lowest BCUT2D eigenvalue weighted by atomic mass is 9.88. The van der Waals surface area contributed by atoms with Gasteiger partial charge in [-0.3, -0.25) is 4.79 Å². The molecule has 0 bridgehead atoms. The maximum absolute atomic E-state index is 11.8. The second-order valence-corrected chi connectivity index (χ2v) is 4.11. The van der Waals surface area contributed by atoms with E-state index in [-0.39, 0.29) is 11.7 Å². The summed E-state index contributed by atoms with van der Waals surface area (Å²) >= 11 is 0. The van der Waals surface area contributed by atoms with Gasteiger partial charge in [-0.1, -0.05) is 6.92 Å². The summed E-state index contributed by atoms with van der Waals surface area (Å²) in [6.45, 7) is 4.01. The van der Waals surface area contributed by atoms with Gasteiger partial charge in [-0.05, 0) is 31.4 Å². The number of hydrogen-bond donors (Lipinski definition) is 1. The first kappa shape index (κ1) is 10.9. The second kappa shape index (κ2) is 4.12. The molecule has 4 nitrogen and oxygen atoms in total. The van der Waals surface area contributed by atoms with Gasteiger partial charge in [0.1, 0.15) is 5.69 Å². The zero-order valence-electron chi connectivity index (χ0n) is 9.50. The van der Waals surface area contributed by atoms with Crippen LogP contribution >= 0.6 is 0 Å². The highest BCUT2D eigenvalue weighted by Crippen LogP contribution is 2.25. The first-order chi connectivity index (χ1) is 7.63. The molecule has 86 valence electrons. The molecule has 0 aromatic carbocycles. The lowest BCUT2D eigenvalue weighted by Gasteiger charge is -2.15. The Bertz CT molecular complexity index is 433. The Morgan fingerprint density at radius 1 is 1.62 bits per heavy atom. The van der Waals surface area contributed by atoms with Crippen molar-refractivity contribution in [3.8, 4) is 0 Å². The third-order valence-electron chi connectivity index (χ3n) is 2.94. The maximum Gasteiger partial charge on any atom is 0.354 e. The van der Waals surface area contributed by atoms with Gasteiger partial charge in [0, 0.05) is 5.92 Å². The normalized spacial score (nSPS) is 19.4. The van der Waals surface area contributed by atoms with Crippen molar-refractivity contribution in [3.63, 3.8) is 0 Å². The minimum atomic E-state index is -0.391. The number of rotatable bonds is 2. The van der Waals surface area contributed by atoms with Crippen LogP contribution in [0.2, 0.25) is 0 Å². The van der Waals surface area contributed by atoms with Crippen LogP contribution in [0.4, 0.5) is 0 Å². The molecule has 0 radical (unpaired) electrons. The molecular formula is C12H15NO3. The van der Waals surface area contributed by atoms with E-state index < -0.39 is 5.97 Å². The van der Waals surface area contributed by atoms with Crippen molar-refractivity contribution in [3.05, 3.63) is 23.0 Å². The Morgan fingerprint density at radius 3 is 3.06 bits per heavy atom. The van der Waals surface area contributed by atoms with E-state index in [1.807, 2.05) is 6.92 Å². The molecule has 1 aliphatic carbocycles. The number of carbonyl (C=O) groups excluding carboxylic acids is 2. The number of ketones is 1. The molecule has 0 saturated carbocycles. The number of carbonyl (C=O) groups is 2. The summed E-state index contributed by atoms with van der Waals surface area (Å²) in [5.41, 5.74) is 1.90. The monoisotopic (exact) mass is 221 g/mol. The van der Waals surface area contributed by atoms with Crippen molar-refractivity contribution in [2.45, 2.75) is 26.7 Å². The molecule has 4 heteroatoms. The van der Waals surface area contributed by atoms with E-state index in [0.29, 0.717) is 18.0 Å². The molecule has 1 aromatic heterocycles. The lowest BCUT2D eigenvalue weighted by molar-refractivity contribution is 0.0520. The zero-order chi connectivity index (χ0) is 11.7. The molecule has 0 fully saturated rings. The Hall–Kier alpha value is -1.58. The Kier molecular flexibility index (Phi) is 2.81. The number of aromatic nitrogens is 1. The third-order valence-corrected chi connectivity index (χ3v) is 2.94. The molecule has 1 N–H and O–H groups in total. The van der Waals surface area contributed by atoms with E-state index in [1.165, 1.54) is 0 Å². The molecule has 1 heterocycles. The van der Waals surface area contributed by atoms with Crippen molar-refractivity contribution in [2.24, 2.45) is 5.92 Å². The van der Waals surface area contributed by atoms with Crippen molar-refractivity contribution in [2.75, 3.05) is 6.61 Å². The standard InChI is InChI=1S/C12H15NO3/c1-3-16-12(15)9-6-8-5-4-7(2)11(14)10(8)13-9/h6-7,13H,3-5H2,1-2H3. The van der Waals surface area contributed by atoms with Crippen LogP contribution in [0.5, 0.6) is 0 Å². The number of aromatic amines is 1. The van der Waals surface area contributed by atoms with E-state index >= 15 is 0 Å². The summed E-state index contributed by atoms with van der Waals surface area (Å²) in [4.78, 5) is 26.2. The molecule has 2 rings (SSSR count). The van der Waals surface area contributed by atoms with Crippen molar-refractivity contribution in [1.82, 2.24) is 4.98 Å². The van der Waals surface area contributed by atoms with Gasteiger partial charge in [0.15, 0.2) is 5.78 Å². The summed E-state index contributed by atoms with van der Waals surface area (Å²) in [5, 5.41) is 0. The first-order valence-electron chi connectivity index (χ1n) is 5.56. The minimum Gasteiger partial charge on any atom is -0.461 e. The van der Waals surface area contributed by atoms with Gasteiger partial charge in [-0.25, -0.2) is 4.79 Å². The number of aryl methyl sites for hydroxylation is 1. The lowest BCUT2D eigenvalue weighted by Crippen LogP contribution is -2.19. The fourth-order valence-electron chi connectivity index (χ4n) is 1.98. The molecule has 0 spiro atoms. The molecule has 0 saturated heterocycles. The van der Waals surface area contributed by atoms with Crippen LogP contribution in [0.3, 0.4) is 0 Å². The van der Waals surface area contributed by atoms with Crippen LogP contribution in [0.25, 0.3) is 0 Å². The second-order valence-electron chi connectivity index (χ2n) is 4.11. The number of Topliss-reactive ketones (excluding diaryl/α,β-unsaturated/α-hetero) is 1. The fraction of sp³-hybridized carbons (Fsp3) is 0.500. The molecule has 0 amide bonds. The Labute approximate surface area is 94.0 Å². The number of nitrogens with one attached hydrogen (secondary N) is 1. The van der Waals surface area contributed by atoms with Gasteiger partial charge in [0.25, 0.3) is 0 Å². The summed E-state index contributed by atoms with van der Waals surface area (Å²) in [7, 11) is 0. The van der Waals surface area contributed by atoms with Gasteiger partial charge in [-0.15, -0.1) is 0 Å². The van der Waals surface area contributed by atoms with Crippen LogP contribution in [0.1, 0.15) is 46.8 Å². The van der Waals surface area contributed by atoms with E-state index in [2.05, 4.69) is 4.98 Å². The smallest absolute Gasteiger partial charge is 0.354 e. The van der Waals surface area contributed by atoms with Crippen LogP contribution in [-0.4, -0.2) is 23.3 Å². The zero-order valence-corrected chi connectivity index (χ0v) is 9.50. The molecule has 1 unspecified atom stereocenters. The number of hydrogen-bond acceptors (Lipinski definition) is 3. The van der Waals surface area contributed by atoms with Crippen molar-refractivity contribution >= 4 is 11.8 Å². The summed E-state index contributed by atoms with van der Waals surface area (Å²) < 4.78 is 4.89. The van der Waals surface area contributed by atoms with E-state index in [9.17, 15) is 9.59 Å². The number of esters is 1. The SMILES string of the molecule is CCOC(=O)c1cc2c([nH]1)C(=O)C(C)CC2. The maximum atomic E-state index is 11.8. The fourth-order valence-corrected chi connectivity index (χ4v) is 1.98. The number of H-pyrrole nitrogens is 1. The van der Waals surface area contributed by atoms with Gasteiger partial charge in [0.05, 0.1) is 12.3 Å². The highest BCUT2D eigenvalue weighted by Gasteiger charge is 2.27. The summed E-state index contributed by atoms with van der Waals surface area (Å²) in [6, 6.07) is 1.73. The highest BCUT2D eigenvalue weighted by atomic mass is 16.5. The Morgan fingerprint density at radius 2 is 2.38 bits per heavy atom. The highest BCUT2D eigenvalue weighted by molar-refractivity contribution is 6.00. The van der Waals surface area contributed by atoms with E-state index in [4.69, 9.17) is 4.74 Å². The number of fused-ring (bicyclic) bond motifs is 1. The topological polar surface area (TPSA) is 59.2 Å². The molecule has 1 aromatic rings. The predicted molar refractivity (Wildman–Crippen MR) is 58.6 cm³/mol. The van der Waals surface area contributed by atoms with Crippen LogP contribution in [0, 0.1) is 5.92 Å². The molecule has 16 heavy (non-hydrogen) atoms. The molecule has 0 aliphatic heterocycles. The average Bonchev–Trinajstić information content (AvgIpc) is 2.69. The van der Waals surface area contributed by atoms with E-state index in [1.54, 1.807) is 13.0 Å². The third kappa shape index (κ3) is 1.75. The summed E-state index contributed by atoms with van der Waals surface area (Å²) in [6.07, 6.45) is 1.70. The summed E-state index contributed by atoms with van der Waals surface area (Å²) in [5.74, 6) is -0.254. The van der Waals surface area contributed by atoms with Crippen molar-refractivity contribution in [1.29, 1.82) is 0 Å². The Balaban J connectivity index is 2.30. The largest absolute Gasteiger partial charge is 0.461 e. The average molecular weight is 221 g/mol. The molecular weight excluding hydrogens is 206 g/mol. The molecule has 1 atom stereocenters. The van der Waals surface area contributed by atoms with Crippen LogP contribution in [-0.2, 0) is 11.2 Å². The van der Waals surface area contributed by atoms with E-state index in [0.717, 1.165) is 18.4 Å². The van der Waals surface area contributed by atoms with Crippen LogP contribution < -0.4 is 0 Å². The predicted octanol–water partition coefficient (Wildman–Crippen LogP) is 1.96. The quantitative estimate of drug-likeness (QED) is 0.776. The molecule has 1 aliphatic rings.